The molecule has 0 saturated carbocycles. The van der Waals surface area contributed by atoms with Gasteiger partial charge in [0.15, 0.2) is 0 Å². The van der Waals surface area contributed by atoms with Gasteiger partial charge in [0, 0.05) is 12.1 Å². The number of hydrogen-bond donors (Lipinski definition) is 1. The quantitative estimate of drug-likeness (QED) is 0.263. The van der Waals surface area contributed by atoms with Crippen LogP contribution < -0.4 is 0 Å². The maximum atomic E-state index is 13.9. The Morgan fingerprint density at radius 1 is 1.14 bits per heavy atom. The van der Waals surface area contributed by atoms with E-state index < -0.39 is 43.9 Å². The largest absolute Gasteiger partial charge is 0.480 e. The van der Waals surface area contributed by atoms with E-state index in [4.69, 9.17) is 13.8 Å². The highest BCUT2D eigenvalue weighted by Gasteiger charge is 2.42. The molecule has 0 aliphatic carbocycles. The number of carbonyl (C=O) groups excluding carboxylic acids is 2. The Morgan fingerprint density at radius 3 is 2.61 bits per heavy atom. The second-order valence-corrected chi connectivity index (χ2v) is 11.1. The third-order valence-corrected chi connectivity index (χ3v) is 8.40. The number of carboxylic acid groups (broad SMARTS) is 1. The number of aryl methyl sites for hydroxylation is 1. The highest BCUT2D eigenvalue weighted by Crippen LogP contribution is 2.55. The first kappa shape index (κ1) is 26.1. The van der Waals surface area contributed by atoms with Gasteiger partial charge in [-0.15, -0.1) is 0 Å². The molecule has 2 aliphatic heterocycles. The summed E-state index contributed by atoms with van der Waals surface area (Å²) in [6.07, 6.45) is 0.481. The standard InChI is InChI=1S/C26H30NO8P/c1-18(23(28)27-16-9-15-22(27)24(29)30)34-36(32,17-8-7-12-19-10-3-2-4-11-19)35-26-21-14-6-5-13-20(21)25(31)33-26/h2-6,10-11,13-14,18,22,26H,7-9,12,15-17H2,1H3,(H,29,30)/t18?,22-,26?,36?/m0/s1. The third kappa shape index (κ3) is 6.03. The van der Waals surface area contributed by atoms with Crippen molar-refractivity contribution in [2.24, 2.45) is 0 Å². The van der Waals surface area contributed by atoms with Gasteiger partial charge < -0.3 is 14.7 Å². The van der Waals surface area contributed by atoms with Crippen molar-refractivity contribution < 1.29 is 37.8 Å². The van der Waals surface area contributed by atoms with E-state index >= 15 is 0 Å². The molecule has 1 N–H and O–H groups in total. The van der Waals surface area contributed by atoms with Crippen LogP contribution in [0.3, 0.4) is 0 Å². The van der Waals surface area contributed by atoms with Crippen molar-refractivity contribution >= 4 is 25.4 Å². The Morgan fingerprint density at radius 2 is 1.86 bits per heavy atom. The van der Waals surface area contributed by atoms with Crippen LogP contribution in [0.25, 0.3) is 0 Å². The van der Waals surface area contributed by atoms with Crippen LogP contribution in [0.1, 0.15) is 60.4 Å². The SMILES string of the molecule is CC(OP(=O)(CCCCc1ccccc1)OC1OC(=O)c2ccccc21)C(=O)N1CCC[C@H]1C(=O)O. The molecular formula is C26H30NO8P. The Hall–Kier alpha value is -3.00. The Labute approximate surface area is 209 Å². The van der Waals surface area contributed by atoms with Crippen LogP contribution in [-0.4, -0.2) is 52.7 Å². The van der Waals surface area contributed by atoms with Crippen LogP contribution in [0, 0.1) is 0 Å². The molecule has 2 aromatic rings. The minimum atomic E-state index is -3.94. The number of carboxylic acids is 1. The molecule has 0 bridgehead atoms. The summed E-state index contributed by atoms with van der Waals surface area (Å²) < 4.78 is 30.8. The fourth-order valence-electron chi connectivity index (χ4n) is 4.55. The molecule has 1 saturated heterocycles. The summed E-state index contributed by atoms with van der Waals surface area (Å²) in [5, 5.41) is 9.43. The lowest BCUT2D eigenvalue weighted by atomic mass is 10.1. The molecule has 4 atom stereocenters. The molecule has 1 amide bonds. The van der Waals surface area contributed by atoms with E-state index in [-0.39, 0.29) is 6.16 Å². The zero-order valence-electron chi connectivity index (χ0n) is 20.1. The molecule has 2 heterocycles. The van der Waals surface area contributed by atoms with Crippen molar-refractivity contribution in [3.63, 3.8) is 0 Å². The zero-order chi connectivity index (χ0) is 25.7. The number of hydrogen-bond acceptors (Lipinski definition) is 7. The van der Waals surface area contributed by atoms with E-state index in [1.807, 2.05) is 30.3 Å². The normalized spacial score (nSPS) is 21.5. The molecule has 2 aromatic carbocycles. The molecule has 9 nitrogen and oxygen atoms in total. The lowest BCUT2D eigenvalue weighted by molar-refractivity contribution is -0.151. The first-order valence-electron chi connectivity index (χ1n) is 12.1. The molecule has 192 valence electrons. The molecule has 1 fully saturated rings. The Bertz CT molecular complexity index is 1150. The van der Waals surface area contributed by atoms with Crippen LogP contribution in [0.4, 0.5) is 0 Å². The maximum Gasteiger partial charge on any atom is 0.341 e. The number of nitrogens with zero attached hydrogens (tertiary/aromatic N) is 1. The van der Waals surface area contributed by atoms with Gasteiger partial charge in [0.1, 0.15) is 12.1 Å². The minimum Gasteiger partial charge on any atom is -0.480 e. The lowest BCUT2D eigenvalue weighted by Gasteiger charge is -2.28. The molecule has 4 rings (SSSR count). The van der Waals surface area contributed by atoms with E-state index in [0.717, 1.165) is 12.0 Å². The molecule has 10 heteroatoms. The third-order valence-electron chi connectivity index (χ3n) is 6.38. The summed E-state index contributed by atoms with van der Waals surface area (Å²) in [7, 11) is -3.94. The van der Waals surface area contributed by atoms with Crippen LogP contribution >= 0.6 is 7.60 Å². The summed E-state index contributed by atoms with van der Waals surface area (Å²) in [4.78, 5) is 38.0. The number of carbonyl (C=O) groups is 3. The van der Waals surface area contributed by atoms with Gasteiger partial charge in [-0.3, -0.25) is 18.4 Å². The average molecular weight is 515 g/mol. The number of fused-ring (bicyclic) bond motifs is 1. The molecule has 0 aromatic heterocycles. The Kier molecular flexibility index (Phi) is 8.24. The number of amides is 1. The number of rotatable bonds is 11. The fraction of sp³-hybridized carbons (Fsp3) is 0.423. The molecule has 36 heavy (non-hydrogen) atoms. The molecular weight excluding hydrogens is 485 g/mol. The summed E-state index contributed by atoms with van der Waals surface area (Å²) in [5.74, 6) is -2.23. The topological polar surface area (TPSA) is 119 Å². The van der Waals surface area contributed by atoms with Crippen molar-refractivity contribution in [1.82, 2.24) is 4.90 Å². The molecule has 2 aliphatic rings. The minimum absolute atomic E-state index is 0.00995. The van der Waals surface area contributed by atoms with Gasteiger partial charge in [0.25, 0.3) is 5.91 Å². The highest BCUT2D eigenvalue weighted by molar-refractivity contribution is 7.53. The van der Waals surface area contributed by atoms with E-state index in [1.165, 1.54) is 11.8 Å². The molecule has 3 unspecified atom stereocenters. The molecule has 0 radical (unpaired) electrons. The number of benzene rings is 2. The van der Waals surface area contributed by atoms with Crippen molar-refractivity contribution in [3.8, 4) is 0 Å². The summed E-state index contributed by atoms with van der Waals surface area (Å²) in [6.45, 7) is 1.73. The molecule has 0 spiro atoms. The number of likely N-dealkylation sites (tertiary alicyclic amines) is 1. The number of esters is 1. The maximum absolute atomic E-state index is 13.9. The van der Waals surface area contributed by atoms with Gasteiger partial charge in [-0.05, 0) is 50.7 Å². The summed E-state index contributed by atoms with van der Waals surface area (Å²) in [5.41, 5.74) is 1.91. The first-order valence-corrected chi connectivity index (χ1v) is 13.8. The van der Waals surface area contributed by atoms with E-state index in [2.05, 4.69) is 0 Å². The predicted octanol–water partition coefficient (Wildman–Crippen LogP) is 4.57. The Balaban J connectivity index is 1.47. The number of cyclic esters (lactones) is 1. The van der Waals surface area contributed by atoms with Gasteiger partial charge in [0.2, 0.25) is 6.29 Å². The highest BCUT2D eigenvalue weighted by atomic mass is 31.2. The number of unbranched alkanes of at least 4 members (excludes halogenated alkanes) is 1. The number of aliphatic carboxylic acids is 1. The van der Waals surface area contributed by atoms with Gasteiger partial charge in [-0.2, -0.15) is 0 Å². The van der Waals surface area contributed by atoms with Crippen molar-refractivity contribution in [2.75, 3.05) is 12.7 Å². The van der Waals surface area contributed by atoms with Crippen molar-refractivity contribution in [3.05, 3.63) is 71.3 Å². The van der Waals surface area contributed by atoms with Crippen LogP contribution in [-0.2, 0) is 34.4 Å². The van der Waals surface area contributed by atoms with E-state index in [0.29, 0.717) is 43.4 Å². The van der Waals surface area contributed by atoms with E-state index in [9.17, 15) is 24.1 Å². The summed E-state index contributed by atoms with van der Waals surface area (Å²) >= 11 is 0. The second-order valence-electron chi connectivity index (χ2n) is 8.98. The van der Waals surface area contributed by atoms with Crippen molar-refractivity contribution in [1.29, 1.82) is 0 Å². The fourth-order valence-corrected chi connectivity index (χ4v) is 6.44. The van der Waals surface area contributed by atoms with Gasteiger partial charge in [0.05, 0.1) is 11.7 Å². The zero-order valence-corrected chi connectivity index (χ0v) is 21.0. The van der Waals surface area contributed by atoms with Gasteiger partial charge in [-0.1, -0.05) is 48.5 Å². The van der Waals surface area contributed by atoms with Gasteiger partial charge >= 0.3 is 19.5 Å². The predicted molar refractivity (Wildman–Crippen MR) is 130 cm³/mol. The van der Waals surface area contributed by atoms with Crippen LogP contribution in [0.5, 0.6) is 0 Å². The lowest BCUT2D eigenvalue weighted by Crippen LogP contribution is -2.45. The average Bonchev–Trinajstić information content (AvgIpc) is 3.48. The monoisotopic (exact) mass is 515 g/mol. The number of ether oxygens (including phenoxy) is 1. The second kappa shape index (κ2) is 11.4. The van der Waals surface area contributed by atoms with Crippen LogP contribution in [0.2, 0.25) is 0 Å². The first-order chi connectivity index (χ1) is 17.3. The van der Waals surface area contributed by atoms with Gasteiger partial charge in [-0.25, -0.2) is 9.59 Å². The van der Waals surface area contributed by atoms with E-state index in [1.54, 1.807) is 24.3 Å². The van der Waals surface area contributed by atoms with Crippen LogP contribution in [0.15, 0.2) is 54.6 Å². The summed E-state index contributed by atoms with van der Waals surface area (Å²) in [6, 6.07) is 15.6. The smallest absolute Gasteiger partial charge is 0.341 e. The van der Waals surface area contributed by atoms with Crippen molar-refractivity contribution in [2.45, 2.75) is 57.5 Å².